The predicted octanol–water partition coefficient (Wildman–Crippen LogP) is 3.38. The lowest BCUT2D eigenvalue weighted by atomic mass is 10.1. The number of hydrogen-bond acceptors (Lipinski definition) is 4. The fourth-order valence-corrected chi connectivity index (χ4v) is 3.51. The summed E-state index contributed by atoms with van der Waals surface area (Å²) >= 11 is 0. The van der Waals surface area contributed by atoms with Crippen LogP contribution in [0.5, 0.6) is 0 Å². The SMILES string of the molecule is Cc1ccc(-n2nc(C(=O)NC(C)c3ccccc3)c(=O)n(Cc3ccc(F)cc3)c2=O)cc1. The standard InChI is InChI=1S/C26H23FN4O3/c1-17-8-14-22(15-9-17)31-26(34)30(16-19-10-12-21(27)13-11-19)25(33)23(29-31)24(32)28-18(2)20-6-4-3-5-7-20/h3-15,18H,16H2,1-2H3,(H,28,32). The van der Waals surface area contributed by atoms with E-state index in [1.54, 1.807) is 31.2 Å². The van der Waals surface area contributed by atoms with Gasteiger partial charge in [0.1, 0.15) is 5.82 Å². The molecule has 8 heteroatoms. The Bertz CT molecular complexity index is 1430. The van der Waals surface area contributed by atoms with Crippen molar-refractivity contribution in [1.29, 1.82) is 0 Å². The van der Waals surface area contributed by atoms with Crippen LogP contribution in [0, 0.1) is 12.7 Å². The van der Waals surface area contributed by atoms with Crippen molar-refractivity contribution in [2.45, 2.75) is 26.4 Å². The molecule has 1 amide bonds. The van der Waals surface area contributed by atoms with Crippen molar-refractivity contribution < 1.29 is 9.18 Å². The lowest BCUT2D eigenvalue weighted by Gasteiger charge is -2.16. The van der Waals surface area contributed by atoms with E-state index in [0.29, 0.717) is 11.3 Å². The lowest BCUT2D eigenvalue weighted by molar-refractivity contribution is 0.0930. The van der Waals surface area contributed by atoms with E-state index in [9.17, 15) is 18.8 Å². The van der Waals surface area contributed by atoms with Crippen LogP contribution in [0.2, 0.25) is 0 Å². The van der Waals surface area contributed by atoms with Gasteiger partial charge in [0.25, 0.3) is 11.5 Å². The highest BCUT2D eigenvalue weighted by atomic mass is 19.1. The molecule has 0 aliphatic rings. The normalized spacial score (nSPS) is 11.7. The Morgan fingerprint density at radius 2 is 1.62 bits per heavy atom. The Morgan fingerprint density at radius 3 is 2.26 bits per heavy atom. The number of nitrogens with one attached hydrogen (secondary N) is 1. The Hall–Kier alpha value is -4.33. The molecule has 0 bridgehead atoms. The molecule has 0 fully saturated rings. The van der Waals surface area contributed by atoms with Gasteiger partial charge in [-0.05, 0) is 49.2 Å². The summed E-state index contributed by atoms with van der Waals surface area (Å²) in [5.74, 6) is -1.13. The molecule has 1 unspecified atom stereocenters. The zero-order chi connectivity index (χ0) is 24.2. The van der Waals surface area contributed by atoms with Gasteiger partial charge in [-0.2, -0.15) is 9.78 Å². The Kier molecular flexibility index (Phi) is 6.49. The van der Waals surface area contributed by atoms with Gasteiger partial charge < -0.3 is 5.32 Å². The van der Waals surface area contributed by atoms with Crippen LogP contribution in [0.1, 0.15) is 40.1 Å². The van der Waals surface area contributed by atoms with Crippen molar-refractivity contribution in [3.63, 3.8) is 0 Å². The molecule has 0 radical (unpaired) electrons. The van der Waals surface area contributed by atoms with E-state index >= 15 is 0 Å². The molecule has 0 saturated heterocycles. The number of benzene rings is 3. The van der Waals surface area contributed by atoms with Crippen molar-refractivity contribution >= 4 is 5.91 Å². The maximum atomic E-state index is 13.3. The molecule has 4 aromatic rings. The minimum atomic E-state index is -0.824. The fraction of sp³-hybridized carbons (Fsp3) is 0.154. The average Bonchev–Trinajstić information content (AvgIpc) is 2.84. The van der Waals surface area contributed by atoms with Gasteiger partial charge in [0.2, 0.25) is 5.69 Å². The largest absolute Gasteiger partial charge is 0.352 e. The van der Waals surface area contributed by atoms with E-state index < -0.39 is 28.7 Å². The molecule has 1 heterocycles. The van der Waals surface area contributed by atoms with E-state index in [1.165, 1.54) is 24.3 Å². The highest BCUT2D eigenvalue weighted by molar-refractivity contribution is 5.92. The Balaban J connectivity index is 1.80. The second-order valence-corrected chi connectivity index (χ2v) is 8.00. The molecular formula is C26H23FN4O3. The van der Waals surface area contributed by atoms with E-state index in [-0.39, 0.29) is 12.6 Å². The molecule has 0 aliphatic carbocycles. The van der Waals surface area contributed by atoms with Crippen LogP contribution >= 0.6 is 0 Å². The summed E-state index contributed by atoms with van der Waals surface area (Å²) in [7, 11) is 0. The first-order valence-electron chi connectivity index (χ1n) is 10.7. The smallest absolute Gasteiger partial charge is 0.344 e. The minimum Gasteiger partial charge on any atom is -0.344 e. The topological polar surface area (TPSA) is 86.0 Å². The Morgan fingerprint density at radius 1 is 0.971 bits per heavy atom. The third kappa shape index (κ3) is 4.85. The average molecular weight is 458 g/mol. The number of nitrogens with zero attached hydrogens (tertiary/aromatic N) is 3. The van der Waals surface area contributed by atoms with Gasteiger partial charge in [0.05, 0.1) is 18.3 Å². The molecule has 4 rings (SSSR count). The van der Waals surface area contributed by atoms with Crippen molar-refractivity contribution in [2.75, 3.05) is 0 Å². The number of aryl methyl sites for hydroxylation is 1. The first kappa shape index (κ1) is 22.8. The van der Waals surface area contributed by atoms with E-state index in [2.05, 4.69) is 10.4 Å². The van der Waals surface area contributed by atoms with E-state index in [1.807, 2.05) is 37.3 Å². The molecule has 0 aliphatic heterocycles. The predicted molar refractivity (Wildman–Crippen MR) is 127 cm³/mol. The highest BCUT2D eigenvalue weighted by Crippen LogP contribution is 2.12. The molecule has 34 heavy (non-hydrogen) atoms. The molecule has 0 saturated carbocycles. The van der Waals surface area contributed by atoms with Crippen LogP contribution in [0.3, 0.4) is 0 Å². The van der Waals surface area contributed by atoms with E-state index in [0.717, 1.165) is 20.4 Å². The zero-order valence-corrected chi connectivity index (χ0v) is 18.7. The quantitative estimate of drug-likeness (QED) is 0.480. The summed E-state index contributed by atoms with van der Waals surface area (Å²) in [6, 6.07) is 21.3. The summed E-state index contributed by atoms with van der Waals surface area (Å²) in [4.78, 5) is 39.5. The molecule has 1 N–H and O–H groups in total. The van der Waals surface area contributed by atoms with Gasteiger partial charge in [0.15, 0.2) is 0 Å². The maximum absolute atomic E-state index is 13.3. The number of amides is 1. The summed E-state index contributed by atoms with van der Waals surface area (Å²) in [6.07, 6.45) is 0. The monoisotopic (exact) mass is 458 g/mol. The summed E-state index contributed by atoms with van der Waals surface area (Å²) in [5.41, 5.74) is 0.840. The number of carbonyl (C=O) groups is 1. The van der Waals surface area contributed by atoms with Crippen molar-refractivity contribution in [2.24, 2.45) is 0 Å². The second-order valence-electron chi connectivity index (χ2n) is 8.00. The summed E-state index contributed by atoms with van der Waals surface area (Å²) < 4.78 is 15.3. The summed E-state index contributed by atoms with van der Waals surface area (Å²) in [6.45, 7) is 3.56. The number of rotatable bonds is 6. The number of hydrogen-bond donors (Lipinski definition) is 1. The molecule has 1 aromatic heterocycles. The zero-order valence-electron chi connectivity index (χ0n) is 18.7. The number of halogens is 1. The van der Waals surface area contributed by atoms with Gasteiger partial charge in [-0.15, -0.1) is 0 Å². The fourth-order valence-electron chi connectivity index (χ4n) is 3.51. The van der Waals surface area contributed by atoms with Gasteiger partial charge in [0, 0.05) is 0 Å². The van der Waals surface area contributed by atoms with Gasteiger partial charge in [-0.25, -0.2) is 9.18 Å². The van der Waals surface area contributed by atoms with Crippen LogP contribution in [0.15, 0.2) is 88.5 Å². The molecule has 3 aromatic carbocycles. The van der Waals surface area contributed by atoms with Gasteiger partial charge >= 0.3 is 5.69 Å². The molecule has 1 atom stereocenters. The van der Waals surface area contributed by atoms with Crippen LogP contribution < -0.4 is 16.6 Å². The third-order valence-electron chi connectivity index (χ3n) is 5.45. The van der Waals surface area contributed by atoms with Gasteiger partial charge in [-0.3, -0.25) is 14.2 Å². The van der Waals surface area contributed by atoms with E-state index in [4.69, 9.17) is 0 Å². The Labute approximate surface area is 195 Å². The number of carbonyl (C=O) groups excluding carboxylic acids is 1. The van der Waals surface area contributed by atoms with Crippen molar-refractivity contribution in [1.82, 2.24) is 19.7 Å². The molecule has 172 valence electrons. The van der Waals surface area contributed by atoms with Gasteiger partial charge in [-0.1, -0.05) is 60.2 Å². The van der Waals surface area contributed by atoms with Crippen LogP contribution in [0.25, 0.3) is 5.69 Å². The highest BCUT2D eigenvalue weighted by Gasteiger charge is 2.22. The first-order chi connectivity index (χ1) is 16.3. The minimum absolute atomic E-state index is 0.138. The second kappa shape index (κ2) is 9.66. The molecular weight excluding hydrogens is 435 g/mol. The summed E-state index contributed by atoms with van der Waals surface area (Å²) in [5, 5.41) is 6.91. The molecule has 0 spiro atoms. The van der Waals surface area contributed by atoms with Crippen molar-refractivity contribution in [3.05, 3.63) is 128 Å². The lowest BCUT2D eigenvalue weighted by Crippen LogP contribution is -2.46. The van der Waals surface area contributed by atoms with Crippen LogP contribution in [0.4, 0.5) is 4.39 Å². The van der Waals surface area contributed by atoms with Crippen LogP contribution in [-0.4, -0.2) is 20.3 Å². The van der Waals surface area contributed by atoms with Crippen molar-refractivity contribution in [3.8, 4) is 5.69 Å². The first-order valence-corrected chi connectivity index (χ1v) is 10.7. The van der Waals surface area contributed by atoms with Crippen LogP contribution in [-0.2, 0) is 6.54 Å². The number of aromatic nitrogens is 3. The molecule has 7 nitrogen and oxygen atoms in total. The maximum Gasteiger partial charge on any atom is 0.352 e. The third-order valence-corrected chi connectivity index (χ3v) is 5.45.